The SMILES string of the molecule is CCc1cc(N(C)C(=O)C(C)(O)CSc2ccc(I)cc2)ccc1C#N. The summed E-state index contributed by atoms with van der Waals surface area (Å²) in [6.45, 7) is 3.51. The fraction of sp³-hybridized carbons (Fsp3) is 0.300. The predicted molar refractivity (Wildman–Crippen MR) is 114 cm³/mol. The van der Waals surface area contributed by atoms with E-state index >= 15 is 0 Å². The number of aliphatic hydroxyl groups is 1. The van der Waals surface area contributed by atoms with Crippen LogP contribution >= 0.6 is 34.4 Å². The highest BCUT2D eigenvalue weighted by Gasteiger charge is 2.33. The molecule has 0 aliphatic rings. The first kappa shape index (κ1) is 20.7. The summed E-state index contributed by atoms with van der Waals surface area (Å²) in [5.74, 6) is -0.115. The molecule has 0 aliphatic heterocycles. The summed E-state index contributed by atoms with van der Waals surface area (Å²) >= 11 is 3.68. The number of benzene rings is 2. The number of likely N-dealkylation sites (N-methyl/N-ethyl adjacent to an activating group) is 1. The van der Waals surface area contributed by atoms with Crippen LogP contribution in [0.25, 0.3) is 0 Å². The van der Waals surface area contributed by atoms with Gasteiger partial charge >= 0.3 is 0 Å². The molecule has 0 bridgehead atoms. The number of nitrogens with zero attached hydrogens (tertiary/aromatic N) is 2. The molecule has 1 N–H and O–H groups in total. The largest absolute Gasteiger partial charge is 0.379 e. The number of thioether (sulfide) groups is 1. The summed E-state index contributed by atoms with van der Waals surface area (Å²) in [6.07, 6.45) is 0.706. The monoisotopic (exact) mass is 480 g/mol. The molecule has 2 aromatic rings. The Labute approximate surface area is 172 Å². The van der Waals surface area contributed by atoms with Gasteiger partial charge in [0, 0.05) is 27.0 Å². The first-order chi connectivity index (χ1) is 12.3. The van der Waals surface area contributed by atoms with E-state index in [1.807, 2.05) is 37.3 Å². The number of carbonyl (C=O) groups excluding carboxylic acids is 1. The molecule has 0 saturated carbocycles. The van der Waals surface area contributed by atoms with Gasteiger partial charge in [-0.2, -0.15) is 5.26 Å². The van der Waals surface area contributed by atoms with E-state index in [1.54, 1.807) is 19.2 Å². The van der Waals surface area contributed by atoms with E-state index in [2.05, 4.69) is 28.7 Å². The molecule has 0 radical (unpaired) electrons. The van der Waals surface area contributed by atoms with Crippen molar-refractivity contribution in [2.75, 3.05) is 17.7 Å². The lowest BCUT2D eigenvalue weighted by molar-refractivity contribution is -0.132. The standard InChI is InChI=1S/C20H21IN2O2S/c1-4-14-11-17(8-5-15(14)12-22)23(3)19(24)20(2,25)13-26-18-9-6-16(21)7-10-18/h5-11,25H,4,13H2,1-3H3. The van der Waals surface area contributed by atoms with Gasteiger partial charge in [0.05, 0.1) is 11.6 Å². The van der Waals surface area contributed by atoms with Gasteiger partial charge in [0.2, 0.25) is 0 Å². The molecule has 4 nitrogen and oxygen atoms in total. The van der Waals surface area contributed by atoms with Gasteiger partial charge in [-0.1, -0.05) is 6.92 Å². The minimum absolute atomic E-state index is 0.258. The van der Waals surface area contributed by atoms with Crippen LogP contribution in [-0.2, 0) is 11.2 Å². The molecular formula is C20H21IN2O2S. The van der Waals surface area contributed by atoms with E-state index in [0.717, 1.165) is 14.0 Å². The molecule has 1 amide bonds. The van der Waals surface area contributed by atoms with E-state index in [-0.39, 0.29) is 11.7 Å². The maximum atomic E-state index is 12.8. The highest BCUT2D eigenvalue weighted by Crippen LogP contribution is 2.27. The third-order valence-electron chi connectivity index (χ3n) is 4.08. The van der Waals surface area contributed by atoms with Crippen molar-refractivity contribution in [1.82, 2.24) is 0 Å². The molecule has 26 heavy (non-hydrogen) atoms. The molecule has 2 aromatic carbocycles. The molecule has 136 valence electrons. The van der Waals surface area contributed by atoms with Crippen molar-refractivity contribution in [1.29, 1.82) is 5.26 Å². The Kier molecular flexibility index (Phi) is 7.09. The molecule has 2 rings (SSSR count). The number of hydrogen-bond donors (Lipinski definition) is 1. The molecular weight excluding hydrogens is 459 g/mol. The minimum atomic E-state index is -1.50. The first-order valence-corrected chi connectivity index (χ1v) is 10.3. The number of aryl methyl sites for hydroxylation is 1. The van der Waals surface area contributed by atoms with Crippen molar-refractivity contribution >= 4 is 45.9 Å². The Hall–Kier alpha value is -1.56. The smallest absolute Gasteiger partial charge is 0.259 e. The lowest BCUT2D eigenvalue weighted by Crippen LogP contribution is -2.47. The third-order valence-corrected chi connectivity index (χ3v) is 6.11. The Balaban J connectivity index is 2.12. The van der Waals surface area contributed by atoms with Gasteiger partial charge in [-0.3, -0.25) is 4.79 Å². The van der Waals surface area contributed by atoms with Crippen LogP contribution in [0.3, 0.4) is 0 Å². The molecule has 0 aromatic heterocycles. The number of anilines is 1. The number of nitriles is 1. The maximum absolute atomic E-state index is 12.8. The fourth-order valence-electron chi connectivity index (χ4n) is 2.49. The molecule has 0 fully saturated rings. The van der Waals surface area contributed by atoms with Crippen molar-refractivity contribution in [2.24, 2.45) is 0 Å². The van der Waals surface area contributed by atoms with Gasteiger partial charge in [-0.25, -0.2) is 0 Å². The number of amides is 1. The summed E-state index contributed by atoms with van der Waals surface area (Å²) in [5, 5.41) is 19.8. The molecule has 6 heteroatoms. The number of halogens is 1. The lowest BCUT2D eigenvalue weighted by Gasteiger charge is -2.28. The summed E-state index contributed by atoms with van der Waals surface area (Å²) < 4.78 is 1.14. The van der Waals surface area contributed by atoms with E-state index in [9.17, 15) is 9.90 Å². The highest BCUT2D eigenvalue weighted by molar-refractivity contribution is 14.1. The van der Waals surface area contributed by atoms with Crippen LogP contribution in [0.5, 0.6) is 0 Å². The van der Waals surface area contributed by atoms with Crippen molar-refractivity contribution in [3.8, 4) is 6.07 Å². The van der Waals surface area contributed by atoms with Crippen LogP contribution in [0.15, 0.2) is 47.4 Å². The molecule has 0 saturated heterocycles. The van der Waals surface area contributed by atoms with Crippen LogP contribution in [0, 0.1) is 14.9 Å². The van der Waals surface area contributed by atoms with Crippen LogP contribution in [0.2, 0.25) is 0 Å². The zero-order valence-corrected chi connectivity index (χ0v) is 18.0. The topological polar surface area (TPSA) is 64.3 Å². The number of hydrogen-bond acceptors (Lipinski definition) is 4. The minimum Gasteiger partial charge on any atom is -0.379 e. The highest BCUT2D eigenvalue weighted by atomic mass is 127. The second-order valence-electron chi connectivity index (χ2n) is 6.19. The van der Waals surface area contributed by atoms with E-state index in [1.165, 1.54) is 23.6 Å². The first-order valence-electron chi connectivity index (χ1n) is 8.20. The molecule has 0 spiro atoms. The average Bonchev–Trinajstić information content (AvgIpc) is 2.65. The predicted octanol–water partition coefficient (Wildman–Crippen LogP) is 4.23. The molecule has 0 aliphatic carbocycles. The Morgan fingerprint density at radius 3 is 2.54 bits per heavy atom. The second-order valence-corrected chi connectivity index (χ2v) is 8.48. The quantitative estimate of drug-likeness (QED) is 0.497. The van der Waals surface area contributed by atoms with Crippen LogP contribution in [0.1, 0.15) is 25.0 Å². The number of rotatable bonds is 6. The van der Waals surface area contributed by atoms with Crippen LogP contribution < -0.4 is 4.90 Å². The van der Waals surface area contributed by atoms with Crippen molar-refractivity contribution in [3.05, 3.63) is 57.2 Å². The van der Waals surface area contributed by atoms with Gasteiger partial charge < -0.3 is 10.0 Å². The molecule has 0 heterocycles. The van der Waals surface area contributed by atoms with Crippen LogP contribution in [-0.4, -0.2) is 29.4 Å². The molecule has 1 atom stereocenters. The summed E-state index contributed by atoms with van der Waals surface area (Å²) in [7, 11) is 1.65. The third kappa shape index (κ3) is 5.00. The fourth-order valence-corrected chi connectivity index (χ4v) is 3.74. The Morgan fingerprint density at radius 1 is 1.31 bits per heavy atom. The van der Waals surface area contributed by atoms with E-state index < -0.39 is 5.60 Å². The van der Waals surface area contributed by atoms with E-state index in [0.29, 0.717) is 17.7 Å². The second kappa shape index (κ2) is 8.89. The van der Waals surface area contributed by atoms with Crippen LogP contribution in [0.4, 0.5) is 5.69 Å². The lowest BCUT2D eigenvalue weighted by atomic mass is 10.0. The number of carbonyl (C=O) groups is 1. The van der Waals surface area contributed by atoms with Gasteiger partial charge in [-0.15, -0.1) is 11.8 Å². The van der Waals surface area contributed by atoms with Gasteiger partial charge in [0.25, 0.3) is 5.91 Å². The van der Waals surface area contributed by atoms with Crippen molar-refractivity contribution in [2.45, 2.75) is 30.8 Å². The van der Waals surface area contributed by atoms with Crippen molar-refractivity contribution < 1.29 is 9.90 Å². The maximum Gasteiger partial charge on any atom is 0.259 e. The Bertz CT molecular complexity index is 829. The zero-order chi connectivity index (χ0) is 19.3. The summed E-state index contributed by atoms with van der Waals surface area (Å²) in [5.41, 5.74) is 0.670. The van der Waals surface area contributed by atoms with Gasteiger partial charge in [0.15, 0.2) is 0 Å². The van der Waals surface area contributed by atoms with Gasteiger partial charge in [-0.05, 0) is 84.0 Å². The normalized spacial score (nSPS) is 12.9. The summed E-state index contributed by atoms with van der Waals surface area (Å²) in [6, 6.07) is 15.4. The molecule has 1 unspecified atom stereocenters. The average molecular weight is 480 g/mol. The Morgan fingerprint density at radius 2 is 1.96 bits per heavy atom. The zero-order valence-electron chi connectivity index (χ0n) is 15.0. The summed E-state index contributed by atoms with van der Waals surface area (Å²) in [4.78, 5) is 15.3. The van der Waals surface area contributed by atoms with E-state index in [4.69, 9.17) is 5.26 Å². The van der Waals surface area contributed by atoms with Crippen molar-refractivity contribution in [3.63, 3.8) is 0 Å². The van der Waals surface area contributed by atoms with Gasteiger partial charge in [0.1, 0.15) is 5.60 Å².